The first kappa shape index (κ1) is 29.3. The normalized spacial score (nSPS) is 12.1. The average Bonchev–Trinajstić information content (AvgIpc) is 2.81. The Morgan fingerprint density at radius 1 is 0.921 bits per heavy atom. The molecule has 2 N–H and O–H groups in total. The van der Waals surface area contributed by atoms with Gasteiger partial charge in [-0.25, -0.2) is 16.8 Å². The lowest BCUT2D eigenvalue weighted by Crippen LogP contribution is -2.31. The number of hydrogen-bond donors (Lipinski definition) is 2. The minimum atomic E-state index is -4.62. The monoisotopic (exact) mass is 589 g/mol. The summed E-state index contributed by atoms with van der Waals surface area (Å²) < 4.78 is 91.4. The van der Waals surface area contributed by atoms with Gasteiger partial charge >= 0.3 is 6.18 Å². The summed E-state index contributed by atoms with van der Waals surface area (Å²) >= 11 is 5.85. The van der Waals surface area contributed by atoms with Crippen molar-refractivity contribution in [3.05, 3.63) is 83.4 Å². The van der Waals surface area contributed by atoms with E-state index in [-0.39, 0.29) is 35.7 Å². The third-order valence-electron chi connectivity index (χ3n) is 5.17. The first-order valence-electron chi connectivity index (χ1n) is 11.0. The van der Waals surface area contributed by atoms with Gasteiger partial charge in [0, 0.05) is 29.4 Å². The van der Waals surface area contributed by atoms with Crippen LogP contribution in [-0.2, 0) is 31.0 Å². The van der Waals surface area contributed by atoms with E-state index in [1.165, 1.54) is 30.3 Å². The quantitative estimate of drug-likeness (QED) is 0.331. The van der Waals surface area contributed by atoms with Crippen LogP contribution in [0.15, 0.2) is 77.7 Å². The van der Waals surface area contributed by atoms with Crippen molar-refractivity contribution in [1.29, 1.82) is 0 Å². The summed E-state index contributed by atoms with van der Waals surface area (Å²) in [5.41, 5.74) is -0.555. The number of nitrogens with zero attached hydrogens (tertiary/aromatic N) is 1. The van der Waals surface area contributed by atoms with Crippen LogP contribution in [0.2, 0.25) is 5.02 Å². The van der Waals surface area contributed by atoms with Gasteiger partial charge in [-0.15, -0.1) is 0 Å². The Labute approximate surface area is 223 Å². The van der Waals surface area contributed by atoms with E-state index in [0.29, 0.717) is 16.8 Å². The standard InChI is InChI=1S/C24H23ClF3N3O5S2/c1-37(33,34)31(21-11-7-18(25)8-12-21)15-3-6-23(32)29-19-9-13-22(14-10-19)38(35,36)30-20-5-2-4-17(16-20)24(26,27)28/h2,4-5,7-14,16,30H,3,6,15H2,1H3,(H,29,32). The molecule has 0 bridgehead atoms. The first-order valence-corrected chi connectivity index (χ1v) is 14.7. The first-order chi connectivity index (χ1) is 17.6. The van der Waals surface area contributed by atoms with Gasteiger partial charge in [0.25, 0.3) is 10.0 Å². The second-order valence-corrected chi connectivity index (χ2v) is 12.2. The lowest BCUT2D eigenvalue weighted by Gasteiger charge is -2.22. The molecule has 0 aromatic heterocycles. The molecule has 0 unspecified atom stereocenters. The van der Waals surface area contributed by atoms with E-state index in [0.717, 1.165) is 22.7 Å². The maximum atomic E-state index is 12.9. The van der Waals surface area contributed by atoms with Crippen molar-refractivity contribution in [1.82, 2.24) is 0 Å². The van der Waals surface area contributed by atoms with Crippen LogP contribution < -0.4 is 14.3 Å². The number of nitrogens with one attached hydrogen (secondary N) is 2. The molecule has 3 rings (SSSR count). The van der Waals surface area contributed by atoms with Crippen molar-refractivity contribution in [2.45, 2.75) is 23.9 Å². The summed E-state index contributed by atoms with van der Waals surface area (Å²) in [7, 11) is -7.79. The van der Waals surface area contributed by atoms with Gasteiger partial charge in [-0.3, -0.25) is 13.8 Å². The molecule has 14 heteroatoms. The Balaban J connectivity index is 1.58. The molecule has 0 heterocycles. The number of benzene rings is 3. The number of rotatable bonds is 10. The molecule has 38 heavy (non-hydrogen) atoms. The minimum absolute atomic E-state index is 0.0171. The van der Waals surface area contributed by atoms with Crippen LogP contribution in [0.5, 0.6) is 0 Å². The molecule has 1 amide bonds. The minimum Gasteiger partial charge on any atom is -0.326 e. The molecule has 0 saturated heterocycles. The number of amides is 1. The molecule has 0 aliphatic heterocycles. The molecular formula is C24H23ClF3N3O5S2. The van der Waals surface area contributed by atoms with E-state index in [1.807, 2.05) is 0 Å². The fourth-order valence-electron chi connectivity index (χ4n) is 3.39. The Bertz CT molecular complexity index is 1500. The second-order valence-electron chi connectivity index (χ2n) is 8.17. The number of carbonyl (C=O) groups is 1. The van der Waals surface area contributed by atoms with Gasteiger partial charge in [0.1, 0.15) is 0 Å². The number of carbonyl (C=O) groups excluding carboxylic acids is 1. The van der Waals surface area contributed by atoms with E-state index >= 15 is 0 Å². The lowest BCUT2D eigenvalue weighted by atomic mass is 10.2. The summed E-state index contributed by atoms with van der Waals surface area (Å²) in [4.78, 5) is 12.1. The van der Waals surface area contributed by atoms with E-state index in [1.54, 1.807) is 24.3 Å². The van der Waals surface area contributed by atoms with Gasteiger partial charge in [0.2, 0.25) is 15.9 Å². The Morgan fingerprint density at radius 3 is 2.13 bits per heavy atom. The number of sulfonamides is 2. The highest BCUT2D eigenvalue weighted by molar-refractivity contribution is 7.92. The molecule has 3 aromatic carbocycles. The summed E-state index contributed by atoms with van der Waals surface area (Å²) in [6.45, 7) is 0.0479. The van der Waals surface area contributed by atoms with Crippen LogP contribution in [0.1, 0.15) is 18.4 Å². The van der Waals surface area contributed by atoms with Gasteiger partial charge in [0.15, 0.2) is 0 Å². The predicted octanol–water partition coefficient (Wildman–Crippen LogP) is 5.34. The zero-order chi connectivity index (χ0) is 28.1. The third-order valence-corrected chi connectivity index (χ3v) is 8.01. The lowest BCUT2D eigenvalue weighted by molar-refractivity contribution is -0.137. The van der Waals surface area contributed by atoms with Crippen LogP contribution >= 0.6 is 11.6 Å². The van der Waals surface area contributed by atoms with Crippen molar-refractivity contribution in [2.24, 2.45) is 0 Å². The molecule has 0 saturated carbocycles. The van der Waals surface area contributed by atoms with E-state index < -0.39 is 37.7 Å². The maximum absolute atomic E-state index is 12.9. The highest BCUT2D eigenvalue weighted by Crippen LogP contribution is 2.31. The van der Waals surface area contributed by atoms with Crippen LogP contribution in [0.25, 0.3) is 0 Å². The van der Waals surface area contributed by atoms with Gasteiger partial charge in [-0.05, 0) is 73.2 Å². The number of hydrogen-bond acceptors (Lipinski definition) is 5. The topological polar surface area (TPSA) is 113 Å². The molecular weight excluding hydrogens is 567 g/mol. The Hall–Kier alpha value is -3.29. The largest absolute Gasteiger partial charge is 0.416 e. The van der Waals surface area contributed by atoms with Crippen LogP contribution in [-0.4, -0.2) is 35.5 Å². The molecule has 0 aliphatic carbocycles. The van der Waals surface area contributed by atoms with Crippen molar-refractivity contribution in [2.75, 3.05) is 27.1 Å². The molecule has 204 valence electrons. The molecule has 0 aliphatic rings. The molecule has 0 radical (unpaired) electrons. The van der Waals surface area contributed by atoms with Crippen molar-refractivity contribution >= 4 is 54.6 Å². The van der Waals surface area contributed by atoms with E-state index in [9.17, 15) is 34.8 Å². The number of anilines is 3. The fourth-order valence-corrected chi connectivity index (χ4v) is 5.53. The zero-order valence-electron chi connectivity index (χ0n) is 19.9. The molecule has 0 fully saturated rings. The highest BCUT2D eigenvalue weighted by Gasteiger charge is 2.30. The summed E-state index contributed by atoms with van der Waals surface area (Å²) in [6, 6.07) is 15.1. The van der Waals surface area contributed by atoms with E-state index in [2.05, 4.69) is 10.0 Å². The third kappa shape index (κ3) is 8.10. The smallest absolute Gasteiger partial charge is 0.326 e. The maximum Gasteiger partial charge on any atom is 0.416 e. The zero-order valence-corrected chi connectivity index (χ0v) is 22.3. The molecule has 0 atom stereocenters. The summed E-state index contributed by atoms with van der Waals surface area (Å²) in [5.74, 6) is -0.424. The second kappa shape index (κ2) is 11.6. The van der Waals surface area contributed by atoms with Crippen LogP contribution in [0.3, 0.4) is 0 Å². The van der Waals surface area contributed by atoms with Crippen LogP contribution in [0, 0.1) is 0 Å². The molecule has 3 aromatic rings. The summed E-state index contributed by atoms with van der Waals surface area (Å²) in [6.07, 6.45) is -3.38. The van der Waals surface area contributed by atoms with E-state index in [4.69, 9.17) is 11.6 Å². The van der Waals surface area contributed by atoms with Gasteiger partial charge in [-0.2, -0.15) is 13.2 Å². The Kier molecular flexibility index (Phi) is 8.95. The fraction of sp³-hybridized carbons (Fsp3) is 0.208. The predicted molar refractivity (Wildman–Crippen MR) is 140 cm³/mol. The average molecular weight is 590 g/mol. The molecule has 0 spiro atoms. The van der Waals surface area contributed by atoms with Crippen LogP contribution in [0.4, 0.5) is 30.2 Å². The SMILES string of the molecule is CS(=O)(=O)N(CCCC(=O)Nc1ccc(S(=O)(=O)Nc2cccc(C(F)(F)F)c2)cc1)c1ccc(Cl)cc1. The van der Waals surface area contributed by atoms with Crippen molar-refractivity contribution in [3.63, 3.8) is 0 Å². The highest BCUT2D eigenvalue weighted by atomic mass is 35.5. The number of halogens is 4. The Morgan fingerprint density at radius 2 is 1.55 bits per heavy atom. The van der Waals surface area contributed by atoms with Gasteiger partial charge < -0.3 is 5.32 Å². The van der Waals surface area contributed by atoms with Gasteiger partial charge in [-0.1, -0.05) is 17.7 Å². The summed E-state index contributed by atoms with van der Waals surface area (Å²) in [5, 5.41) is 3.04. The van der Waals surface area contributed by atoms with Crippen molar-refractivity contribution < 1.29 is 34.8 Å². The number of alkyl halides is 3. The molecule has 8 nitrogen and oxygen atoms in total. The van der Waals surface area contributed by atoms with Crippen molar-refractivity contribution in [3.8, 4) is 0 Å². The van der Waals surface area contributed by atoms with Gasteiger partial charge in [0.05, 0.1) is 22.4 Å².